The molecular weight excluding hydrogens is 308 g/mol. The summed E-state index contributed by atoms with van der Waals surface area (Å²) in [6.45, 7) is 4.20. The molecule has 0 saturated heterocycles. The van der Waals surface area contributed by atoms with Crippen LogP contribution in [0.4, 0.5) is 0 Å². The SMILES string of the molecule is CCc1ccc2c(c1-c1cccc(OC)c1)C=C(c1ccc(C)o1)C2. The summed E-state index contributed by atoms with van der Waals surface area (Å²) in [5.41, 5.74) is 7.81. The van der Waals surface area contributed by atoms with Gasteiger partial charge in [-0.2, -0.15) is 0 Å². The van der Waals surface area contributed by atoms with Gasteiger partial charge in [0.15, 0.2) is 0 Å². The number of allylic oxidation sites excluding steroid dienone is 1. The molecule has 2 heteroatoms. The van der Waals surface area contributed by atoms with Crippen LogP contribution >= 0.6 is 0 Å². The second-order valence-corrected chi connectivity index (χ2v) is 6.51. The van der Waals surface area contributed by atoms with Crippen LogP contribution in [0.1, 0.15) is 35.1 Å². The Hall–Kier alpha value is -2.74. The molecule has 0 amide bonds. The fourth-order valence-corrected chi connectivity index (χ4v) is 3.64. The Labute approximate surface area is 148 Å². The summed E-state index contributed by atoms with van der Waals surface area (Å²) in [4.78, 5) is 0. The van der Waals surface area contributed by atoms with Crippen LogP contribution in [0.15, 0.2) is 52.9 Å². The molecule has 0 saturated carbocycles. The lowest BCUT2D eigenvalue weighted by Gasteiger charge is -2.14. The van der Waals surface area contributed by atoms with Gasteiger partial charge in [-0.15, -0.1) is 0 Å². The highest BCUT2D eigenvalue weighted by atomic mass is 16.5. The zero-order chi connectivity index (χ0) is 17.4. The average Bonchev–Trinajstić information content (AvgIpc) is 3.26. The van der Waals surface area contributed by atoms with Crippen molar-refractivity contribution in [2.24, 2.45) is 0 Å². The van der Waals surface area contributed by atoms with E-state index in [-0.39, 0.29) is 0 Å². The minimum Gasteiger partial charge on any atom is -0.497 e. The first-order valence-corrected chi connectivity index (χ1v) is 8.76. The molecule has 0 spiro atoms. The number of methoxy groups -OCH3 is 1. The Balaban J connectivity index is 1.88. The van der Waals surface area contributed by atoms with Gasteiger partial charge in [-0.25, -0.2) is 0 Å². The van der Waals surface area contributed by atoms with Gasteiger partial charge in [0.25, 0.3) is 0 Å². The van der Waals surface area contributed by atoms with Crippen molar-refractivity contribution >= 4 is 11.6 Å². The Morgan fingerprint density at radius 3 is 2.68 bits per heavy atom. The third-order valence-electron chi connectivity index (χ3n) is 4.92. The van der Waals surface area contributed by atoms with E-state index < -0.39 is 0 Å². The second-order valence-electron chi connectivity index (χ2n) is 6.51. The predicted molar refractivity (Wildman–Crippen MR) is 103 cm³/mol. The molecule has 0 radical (unpaired) electrons. The van der Waals surface area contributed by atoms with Gasteiger partial charge in [-0.3, -0.25) is 0 Å². The van der Waals surface area contributed by atoms with Crippen LogP contribution in [0, 0.1) is 6.92 Å². The maximum Gasteiger partial charge on any atom is 0.130 e. The number of hydrogen-bond acceptors (Lipinski definition) is 2. The predicted octanol–water partition coefficient (Wildman–Crippen LogP) is 5.92. The summed E-state index contributed by atoms with van der Waals surface area (Å²) in [5.74, 6) is 2.82. The highest BCUT2D eigenvalue weighted by Crippen LogP contribution is 2.40. The van der Waals surface area contributed by atoms with E-state index in [9.17, 15) is 0 Å². The van der Waals surface area contributed by atoms with E-state index in [0.717, 1.165) is 30.1 Å². The van der Waals surface area contributed by atoms with E-state index >= 15 is 0 Å². The van der Waals surface area contributed by atoms with Gasteiger partial charge in [-0.1, -0.05) is 31.2 Å². The third kappa shape index (κ3) is 2.78. The largest absolute Gasteiger partial charge is 0.497 e. The van der Waals surface area contributed by atoms with Crippen molar-refractivity contribution in [3.8, 4) is 16.9 Å². The number of furan rings is 1. The van der Waals surface area contributed by atoms with Gasteiger partial charge in [0.1, 0.15) is 17.3 Å². The van der Waals surface area contributed by atoms with Gasteiger partial charge in [0, 0.05) is 6.42 Å². The second kappa shape index (κ2) is 6.29. The molecule has 1 aromatic heterocycles. The molecule has 1 aliphatic carbocycles. The lowest BCUT2D eigenvalue weighted by atomic mass is 9.91. The molecular formula is C23H22O2. The normalized spacial score (nSPS) is 12.8. The van der Waals surface area contributed by atoms with Crippen LogP contribution < -0.4 is 4.74 Å². The molecule has 1 heterocycles. The lowest BCUT2D eigenvalue weighted by Crippen LogP contribution is -1.95. The smallest absolute Gasteiger partial charge is 0.130 e. The molecule has 0 atom stereocenters. The standard InChI is InChI=1S/C23H22O2/c1-4-16-9-10-17-12-19(22-11-8-15(2)25-22)14-21(17)23(16)18-6-5-7-20(13-18)24-3/h5-11,13-14H,4,12H2,1-3H3. The average molecular weight is 330 g/mol. The summed E-state index contributed by atoms with van der Waals surface area (Å²) in [6, 6.07) is 17.0. The van der Waals surface area contributed by atoms with Crippen LogP contribution in [-0.4, -0.2) is 7.11 Å². The molecule has 0 unspecified atom stereocenters. The van der Waals surface area contributed by atoms with Crippen LogP contribution in [0.2, 0.25) is 0 Å². The van der Waals surface area contributed by atoms with Gasteiger partial charge >= 0.3 is 0 Å². The van der Waals surface area contributed by atoms with E-state index in [1.807, 2.05) is 19.1 Å². The molecule has 25 heavy (non-hydrogen) atoms. The summed E-state index contributed by atoms with van der Waals surface area (Å²) >= 11 is 0. The minimum atomic E-state index is 0.890. The first-order valence-electron chi connectivity index (χ1n) is 8.76. The molecule has 0 bridgehead atoms. The van der Waals surface area contributed by atoms with Crippen LogP contribution in [0.3, 0.4) is 0 Å². The van der Waals surface area contributed by atoms with E-state index in [2.05, 4.69) is 49.4 Å². The molecule has 2 nitrogen and oxygen atoms in total. The maximum absolute atomic E-state index is 5.85. The van der Waals surface area contributed by atoms with Crippen molar-refractivity contribution in [1.29, 1.82) is 0 Å². The molecule has 0 fully saturated rings. The van der Waals surface area contributed by atoms with Crippen molar-refractivity contribution in [3.05, 3.63) is 76.7 Å². The van der Waals surface area contributed by atoms with Crippen LogP contribution in [0.5, 0.6) is 5.75 Å². The number of hydrogen-bond donors (Lipinski definition) is 0. The molecule has 0 aliphatic heterocycles. The van der Waals surface area contributed by atoms with Crippen molar-refractivity contribution in [2.45, 2.75) is 26.7 Å². The lowest BCUT2D eigenvalue weighted by molar-refractivity contribution is 0.415. The molecule has 3 aromatic rings. The number of fused-ring (bicyclic) bond motifs is 1. The first-order chi connectivity index (χ1) is 12.2. The zero-order valence-electron chi connectivity index (χ0n) is 14.9. The van der Waals surface area contributed by atoms with E-state index in [1.165, 1.54) is 33.4 Å². The quantitative estimate of drug-likeness (QED) is 0.592. The van der Waals surface area contributed by atoms with Crippen molar-refractivity contribution in [2.75, 3.05) is 7.11 Å². The van der Waals surface area contributed by atoms with E-state index in [0.29, 0.717) is 0 Å². The van der Waals surface area contributed by atoms with Gasteiger partial charge < -0.3 is 9.15 Å². The van der Waals surface area contributed by atoms with E-state index in [4.69, 9.17) is 9.15 Å². The molecule has 1 aliphatic rings. The fraction of sp³-hybridized carbons (Fsp3) is 0.217. The van der Waals surface area contributed by atoms with Gasteiger partial charge in [0.2, 0.25) is 0 Å². The van der Waals surface area contributed by atoms with Crippen molar-refractivity contribution < 1.29 is 9.15 Å². The molecule has 4 rings (SSSR count). The molecule has 0 N–H and O–H groups in total. The first kappa shape index (κ1) is 15.8. The van der Waals surface area contributed by atoms with Crippen LogP contribution in [0.25, 0.3) is 22.8 Å². The van der Waals surface area contributed by atoms with Gasteiger partial charge in [0.05, 0.1) is 7.11 Å². The number of rotatable bonds is 4. The summed E-state index contributed by atoms with van der Waals surface area (Å²) in [6.07, 6.45) is 4.22. The summed E-state index contributed by atoms with van der Waals surface area (Å²) in [7, 11) is 1.71. The fourth-order valence-electron chi connectivity index (χ4n) is 3.64. The monoisotopic (exact) mass is 330 g/mol. The maximum atomic E-state index is 5.85. The molecule has 126 valence electrons. The number of ether oxygens (including phenoxy) is 1. The Morgan fingerprint density at radius 2 is 1.96 bits per heavy atom. The minimum absolute atomic E-state index is 0.890. The van der Waals surface area contributed by atoms with E-state index in [1.54, 1.807) is 7.11 Å². The number of aryl methyl sites for hydroxylation is 2. The number of benzene rings is 2. The van der Waals surface area contributed by atoms with Crippen LogP contribution in [-0.2, 0) is 12.8 Å². The third-order valence-corrected chi connectivity index (χ3v) is 4.92. The highest BCUT2D eigenvalue weighted by Gasteiger charge is 2.21. The van der Waals surface area contributed by atoms with Crippen molar-refractivity contribution in [1.82, 2.24) is 0 Å². The Kier molecular flexibility index (Phi) is 3.96. The Bertz CT molecular complexity index is 960. The zero-order valence-corrected chi connectivity index (χ0v) is 14.9. The van der Waals surface area contributed by atoms with Crippen molar-refractivity contribution in [3.63, 3.8) is 0 Å². The summed E-state index contributed by atoms with van der Waals surface area (Å²) < 4.78 is 11.3. The summed E-state index contributed by atoms with van der Waals surface area (Å²) in [5, 5.41) is 0. The molecule has 2 aromatic carbocycles. The van der Waals surface area contributed by atoms with Gasteiger partial charge in [-0.05, 0) is 77.1 Å². The Morgan fingerprint density at radius 1 is 1.08 bits per heavy atom. The topological polar surface area (TPSA) is 22.4 Å². The highest BCUT2D eigenvalue weighted by molar-refractivity contribution is 5.94.